The standard InChI is InChI=1S/C30H41BrO4/c1-5-34-30(20(2)32)15-13-26-24-11-8-22-18-29(33,35-19-21-6-9-23(31)10-7-21)17-16-27(22,3)25(24)12-14-28(26,30)4/h6-10,24-26,33H,5,11-19H2,1-4H3/t24?,25?,26?,27-,28-,29-,30+/m0/s1. The Morgan fingerprint density at radius 1 is 1.06 bits per heavy atom. The summed E-state index contributed by atoms with van der Waals surface area (Å²) in [6, 6.07) is 8.09. The molecule has 0 heterocycles. The van der Waals surface area contributed by atoms with E-state index >= 15 is 0 Å². The summed E-state index contributed by atoms with van der Waals surface area (Å²) in [5.41, 5.74) is 1.86. The number of allylic oxidation sites excluding steroid dienone is 1. The molecule has 1 N–H and O–H groups in total. The third-order valence-corrected chi connectivity index (χ3v) is 11.2. The highest BCUT2D eigenvalue weighted by molar-refractivity contribution is 9.10. The van der Waals surface area contributed by atoms with Crippen molar-refractivity contribution in [2.75, 3.05) is 6.61 Å². The van der Waals surface area contributed by atoms with Crippen molar-refractivity contribution in [1.29, 1.82) is 0 Å². The lowest BCUT2D eigenvalue weighted by Gasteiger charge is -2.60. The summed E-state index contributed by atoms with van der Waals surface area (Å²) in [4.78, 5) is 12.9. The van der Waals surface area contributed by atoms with Crippen molar-refractivity contribution in [2.45, 2.75) is 97.1 Å². The molecule has 192 valence electrons. The zero-order valence-electron chi connectivity index (χ0n) is 21.7. The Morgan fingerprint density at radius 3 is 2.46 bits per heavy atom. The summed E-state index contributed by atoms with van der Waals surface area (Å²) < 4.78 is 13.5. The summed E-state index contributed by atoms with van der Waals surface area (Å²) in [7, 11) is 0. The van der Waals surface area contributed by atoms with Crippen LogP contribution in [-0.4, -0.2) is 28.9 Å². The van der Waals surface area contributed by atoms with E-state index in [4.69, 9.17) is 9.47 Å². The zero-order chi connectivity index (χ0) is 25.1. The molecule has 4 aliphatic carbocycles. The van der Waals surface area contributed by atoms with Crippen LogP contribution in [0.5, 0.6) is 0 Å². The second-order valence-corrected chi connectivity index (χ2v) is 13.0. The van der Waals surface area contributed by atoms with E-state index in [9.17, 15) is 9.90 Å². The Hall–Kier alpha value is -1.01. The minimum absolute atomic E-state index is 0.0824. The van der Waals surface area contributed by atoms with Crippen molar-refractivity contribution >= 4 is 21.7 Å². The van der Waals surface area contributed by atoms with Gasteiger partial charge in [-0.05, 0) is 93.2 Å². The lowest BCUT2D eigenvalue weighted by molar-refractivity contribution is -0.232. The van der Waals surface area contributed by atoms with Gasteiger partial charge in [-0.1, -0.05) is 53.6 Å². The van der Waals surface area contributed by atoms with Crippen LogP contribution in [0.2, 0.25) is 0 Å². The summed E-state index contributed by atoms with van der Waals surface area (Å²) >= 11 is 3.48. The van der Waals surface area contributed by atoms with Gasteiger partial charge >= 0.3 is 0 Å². The van der Waals surface area contributed by atoms with Crippen molar-refractivity contribution in [3.8, 4) is 0 Å². The predicted molar refractivity (Wildman–Crippen MR) is 141 cm³/mol. The van der Waals surface area contributed by atoms with Gasteiger partial charge in [-0.3, -0.25) is 4.79 Å². The number of carbonyl (C=O) groups is 1. The Morgan fingerprint density at radius 2 is 1.77 bits per heavy atom. The van der Waals surface area contributed by atoms with E-state index in [-0.39, 0.29) is 16.6 Å². The average molecular weight is 546 g/mol. The first kappa shape index (κ1) is 25.6. The fourth-order valence-corrected chi connectivity index (χ4v) is 8.97. The molecular formula is C30H41BrO4. The molecule has 7 atom stereocenters. The first-order valence-electron chi connectivity index (χ1n) is 13.5. The maximum atomic E-state index is 12.9. The number of ether oxygens (including phenoxy) is 2. The molecule has 1 aromatic rings. The van der Waals surface area contributed by atoms with Crippen molar-refractivity contribution < 1.29 is 19.4 Å². The van der Waals surface area contributed by atoms with Crippen LogP contribution in [0.1, 0.15) is 84.6 Å². The maximum absolute atomic E-state index is 12.9. The number of fused-ring (bicyclic) bond motifs is 5. The zero-order valence-corrected chi connectivity index (χ0v) is 23.3. The van der Waals surface area contributed by atoms with Gasteiger partial charge < -0.3 is 14.6 Å². The Bertz CT molecular complexity index is 1000. The molecule has 4 aliphatic rings. The monoisotopic (exact) mass is 544 g/mol. The molecule has 0 aromatic heterocycles. The number of halogens is 1. The average Bonchev–Trinajstić information content (AvgIpc) is 3.13. The van der Waals surface area contributed by atoms with Crippen molar-refractivity contribution in [1.82, 2.24) is 0 Å². The van der Waals surface area contributed by atoms with E-state index < -0.39 is 11.4 Å². The molecular weight excluding hydrogens is 504 g/mol. The normalized spacial score (nSPS) is 42.6. The summed E-state index contributed by atoms with van der Waals surface area (Å²) in [5.74, 6) is 0.813. The Balaban J connectivity index is 1.35. The number of rotatable bonds is 6. The molecule has 0 aliphatic heterocycles. The molecule has 3 saturated carbocycles. The van der Waals surface area contributed by atoms with Gasteiger partial charge in [0.2, 0.25) is 0 Å². The minimum atomic E-state index is -1.10. The SMILES string of the molecule is CCO[C@@]1(C(C)=O)CCC2C3CC=C4C[C@@](O)(OCc5ccc(Br)cc5)CC[C@]4(C)C3CC[C@@]21C. The third kappa shape index (κ3) is 4.00. The van der Waals surface area contributed by atoms with Gasteiger partial charge in [-0.25, -0.2) is 0 Å². The number of ketones is 1. The molecule has 1 aromatic carbocycles. The molecule has 5 heteroatoms. The van der Waals surface area contributed by atoms with E-state index in [0.717, 1.165) is 48.6 Å². The molecule has 3 fully saturated rings. The van der Waals surface area contributed by atoms with Crippen LogP contribution in [0, 0.1) is 28.6 Å². The number of benzene rings is 1. The van der Waals surface area contributed by atoms with Crippen LogP contribution in [-0.2, 0) is 20.9 Å². The van der Waals surface area contributed by atoms with Crippen LogP contribution < -0.4 is 0 Å². The minimum Gasteiger partial charge on any atom is -0.367 e. The third-order valence-electron chi connectivity index (χ3n) is 10.6. The molecule has 4 nitrogen and oxygen atoms in total. The molecule has 3 unspecified atom stereocenters. The van der Waals surface area contributed by atoms with E-state index in [1.807, 2.05) is 31.2 Å². The smallest absolute Gasteiger partial charge is 0.169 e. The van der Waals surface area contributed by atoms with Gasteiger partial charge in [-0.2, -0.15) is 0 Å². The first-order chi connectivity index (χ1) is 16.6. The molecule has 0 amide bonds. The van der Waals surface area contributed by atoms with Gasteiger partial charge in [0.25, 0.3) is 0 Å². The van der Waals surface area contributed by atoms with Crippen LogP contribution in [0.25, 0.3) is 0 Å². The first-order valence-corrected chi connectivity index (χ1v) is 14.3. The summed E-state index contributed by atoms with van der Waals surface area (Å²) in [5, 5.41) is 11.4. The predicted octanol–water partition coefficient (Wildman–Crippen LogP) is 6.98. The van der Waals surface area contributed by atoms with E-state index in [0.29, 0.717) is 43.8 Å². The van der Waals surface area contributed by atoms with Gasteiger partial charge in [0.15, 0.2) is 11.6 Å². The fraction of sp³-hybridized carbons (Fsp3) is 0.700. The number of hydrogen-bond acceptors (Lipinski definition) is 4. The van der Waals surface area contributed by atoms with Gasteiger partial charge in [-0.15, -0.1) is 0 Å². The van der Waals surface area contributed by atoms with Crippen LogP contribution >= 0.6 is 15.9 Å². The lowest BCUT2D eigenvalue weighted by Crippen LogP contribution is -2.58. The van der Waals surface area contributed by atoms with Gasteiger partial charge in [0.05, 0.1) is 6.61 Å². The number of hydrogen-bond donors (Lipinski definition) is 1. The van der Waals surface area contributed by atoms with Crippen molar-refractivity contribution in [3.05, 3.63) is 46.0 Å². The lowest BCUT2D eigenvalue weighted by atomic mass is 9.46. The topological polar surface area (TPSA) is 55.8 Å². The summed E-state index contributed by atoms with van der Waals surface area (Å²) in [6.07, 6.45) is 9.79. The molecule has 0 spiro atoms. The highest BCUT2D eigenvalue weighted by atomic mass is 79.9. The quantitative estimate of drug-likeness (QED) is 0.310. The van der Waals surface area contributed by atoms with Crippen LogP contribution in [0.4, 0.5) is 0 Å². The number of Topliss-reactive ketones (excluding diaryl/α,β-unsaturated/α-hetero) is 1. The van der Waals surface area contributed by atoms with E-state index in [1.54, 1.807) is 6.92 Å². The number of aliphatic hydroxyl groups is 1. The molecule has 0 saturated heterocycles. The van der Waals surface area contributed by atoms with Gasteiger partial charge in [0, 0.05) is 29.3 Å². The van der Waals surface area contributed by atoms with E-state index in [2.05, 4.69) is 35.9 Å². The van der Waals surface area contributed by atoms with Crippen molar-refractivity contribution in [3.63, 3.8) is 0 Å². The maximum Gasteiger partial charge on any atom is 0.169 e. The fourth-order valence-electron chi connectivity index (χ4n) is 8.70. The Labute approximate surface area is 219 Å². The Kier molecular flexibility index (Phi) is 6.65. The summed E-state index contributed by atoms with van der Waals surface area (Å²) in [6.45, 7) is 9.55. The van der Waals surface area contributed by atoms with E-state index in [1.165, 1.54) is 5.57 Å². The second kappa shape index (κ2) is 9.08. The largest absolute Gasteiger partial charge is 0.367 e. The van der Waals surface area contributed by atoms with Gasteiger partial charge in [0.1, 0.15) is 5.60 Å². The van der Waals surface area contributed by atoms with Crippen LogP contribution in [0.15, 0.2) is 40.4 Å². The van der Waals surface area contributed by atoms with Crippen molar-refractivity contribution in [2.24, 2.45) is 28.6 Å². The highest BCUT2D eigenvalue weighted by Gasteiger charge is 2.66. The molecule has 0 radical (unpaired) electrons. The molecule has 0 bridgehead atoms. The molecule has 35 heavy (non-hydrogen) atoms. The second-order valence-electron chi connectivity index (χ2n) is 12.1. The number of carbonyl (C=O) groups excluding carboxylic acids is 1. The molecule has 5 rings (SSSR count). The highest BCUT2D eigenvalue weighted by Crippen LogP contribution is 2.68. The van der Waals surface area contributed by atoms with Crippen LogP contribution in [0.3, 0.4) is 0 Å².